The summed E-state index contributed by atoms with van der Waals surface area (Å²) < 4.78 is 0.851. The zero-order valence-electron chi connectivity index (χ0n) is 11.4. The minimum absolute atomic E-state index is 0.103. The summed E-state index contributed by atoms with van der Waals surface area (Å²) in [5, 5.41) is 4.48. The monoisotopic (exact) mass is 410 g/mol. The van der Waals surface area contributed by atoms with Gasteiger partial charge in [-0.2, -0.15) is 0 Å². The second-order valence-corrected chi connectivity index (χ2v) is 6.90. The molecule has 4 amide bonds. The van der Waals surface area contributed by atoms with Gasteiger partial charge in [-0.15, -0.1) is 11.3 Å². The van der Waals surface area contributed by atoms with Crippen molar-refractivity contribution in [3.63, 3.8) is 0 Å². The van der Waals surface area contributed by atoms with Gasteiger partial charge in [0.2, 0.25) is 0 Å². The number of nitrogens with zero attached hydrogens (tertiary/aromatic N) is 1. The first-order chi connectivity index (χ1) is 11.0. The maximum absolute atomic E-state index is 12.6. The molecule has 1 N–H and O–H groups in total. The molecule has 1 aromatic heterocycles. The second kappa shape index (κ2) is 6.27. The van der Waals surface area contributed by atoms with E-state index in [9.17, 15) is 14.4 Å². The van der Waals surface area contributed by atoms with Crippen LogP contribution in [0.25, 0.3) is 6.08 Å². The average molecular weight is 412 g/mol. The maximum Gasteiger partial charge on any atom is 0.335 e. The molecule has 1 aromatic carbocycles. The molecule has 0 atom stereocenters. The van der Waals surface area contributed by atoms with Gasteiger partial charge in [0.05, 0.1) is 5.69 Å². The molecule has 1 fully saturated rings. The molecule has 0 unspecified atom stereocenters. The van der Waals surface area contributed by atoms with E-state index in [4.69, 9.17) is 11.6 Å². The number of urea groups is 1. The Balaban J connectivity index is 2.00. The first-order valence-electron chi connectivity index (χ1n) is 6.37. The first kappa shape index (κ1) is 15.9. The van der Waals surface area contributed by atoms with E-state index in [1.807, 2.05) is 5.38 Å². The lowest BCUT2D eigenvalue weighted by atomic mass is 10.1. The van der Waals surface area contributed by atoms with Gasteiger partial charge in [0.25, 0.3) is 11.8 Å². The van der Waals surface area contributed by atoms with E-state index in [2.05, 4.69) is 21.2 Å². The Bertz CT molecular complexity index is 845. The van der Waals surface area contributed by atoms with Gasteiger partial charge in [0, 0.05) is 19.8 Å². The van der Waals surface area contributed by atoms with Gasteiger partial charge in [0.1, 0.15) is 5.57 Å². The molecule has 2 heterocycles. The van der Waals surface area contributed by atoms with Crippen molar-refractivity contribution in [2.45, 2.75) is 0 Å². The molecule has 0 radical (unpaired) electrons. The number of amides is 4. The van der Waals surface area contributed by atoms with Crippen molar-refractivity contribution in [2.75, 3.05) is 4.90 Å². The highest BCUT2D eigenvalue weighted by Crippen LogP contribution is 2.26. The van der Waals surface area contributed by atoms with Crippen LogP contribution in [0.5, 0.6) is 0 Å². The van der Waals surface area contributed by atoms with Crippen molar-refractivity contribution in [3.8, 4) is 0 Å². The molecule has 0 bridgehead atoms. The molecule has 1 aliphatic rings. The van der Waals surface area contributed by atoms with Crippen LogP contribution in [0.2, 0.25) is 5.02 Å². The normalized spacial score (nSPS) is 16.9. The zero-order chi connectivity index (χ0) is 16.6. The van der Waals surface area contributed by atoms with Crippen molar-refractivity contribution in [3.05, 3.63) is 55.7 Å². The van der Waals surface area contributed by atoms with Crippen molar-refractivity contribution in [1.29, 1.82) is 0 Å². The fraction of sp³-hybridized carbons (Fsp3) is 0. The van der Waals surface area contributed by atoms with Gasteiger partial charge in [-0.1, -0.05) is 11.6 Å². The highest BCUT2D eigenvalue weighted by molar-refractivity contribution is 9.10. The number of anilines is 1. The largest absolute Gasteiger partial charge is 0.335 e. The van der Waals surface area contributed by atoms with Crippen LogP contribution in [-0.2, 0) is 9.59 Å². The Morgan fingerprint density at radius 2 is 1.87 bits per heavy atom. The molecule has 23 heavy (non-hydrogen) atoms. The third-order valence-corrected chi connectivity index (χ3v) is 4.95. The topological polar surface area (TPSA) is 66.5 Å². The Kier molecular flexibility index (Phi) is 4.34. The van der Waals surface area contributed by atoms with Crippen LogP contribution >= 0.6 is 38.9 Å². The van der Waals surface area contributed by atoms with E-state index in [1.165, 1.54) is 29.5 Å². The van der Waals surface area contributed by atoms with E-state index in [0.29, 0.717) is 10.7 Å². The Morgan fingerprint density at radius 1 is 1.17 bits per heavy atom. The van der Waals surface area contributed by atoms with Gasteiger partial charge >= 0.3 is 6.03 Å². The van der Waals surface area contributed by atoms with Crippen LogP contribution < -0.4 is 10.2 Å². The molecule has 0 aliphatic carbocycles. The number of thiophene rings is 1. The minimum Gasteiger partial charge on any atom is -0.273 e. The number of hydrogen-bond acceptors (Lipinski definition) is 4. The number of carbonyl (C=O) groups is 3. The Morgan fingerprint density at radius 3 is 2.48 bits per heavy atom. The SMILES string of the molecule is O=C1NC(=O)N(c2ccc(Cl)cc2)C(=O)/C1=C/c1cc(Br)cs1. The molecular formula is C15H8BrClN2O3S. The molecule has 1 aliphatic heterocycles. The first-order valence-corrected chi connectivity index (χ1v) is 8.42. The predicted molar refractivity (Wildman–Crippen MR) is 92.5 cm³/mol. The summed E-state index contributed by atoms with van der Waals surface area (Å²) in [4.78, 5) is 38.2. The van der Waals surface area contributed by atoms with Crippen molar-refractivity contribution in [2.24, 2.45) is 0 Å². The van der Waals surface area contributed by atoms with Gasteiger partial charge in [-0.3, -0.25) is 14.9 Å². The summed E-state index contributed by atoms with van der Waals surface area (Å²) in [5.41, 5.74) is 0.233. The van der Waals surface area contributed by atoms with Crippen LogP contribution in [-0.4, -0.2) is 17.8 Å². The van der Waals surface area contributed by atoms with Crippen LogP contribution in [0.4, 0.5) is 10.5 Å². The van der Waals surface area contributed by atoms with Crippen LogP contribution in [0.3, 0.4) is 0 Å². The lowest BCUT2D eigenvalue weighted by Crippen LogP contribution is -2.54. The summed E-state index contributed by atoms with van der Waals surface area (Å²) in [7, 11) is 0. The molecule has 3 rings (SSSR count). The highest BCUT2D eigenvalue weighted by Gasteiger charge is 2.36. The maximum atomic E-state index is 12.6. The number of halogens is 2. The van der Waals surface area contributed by atoms with E-state index >= 15 is 0 Å². The number of imide groups is 2. The molecule has 116 valence electrons. The van der Waals surface area contributed by atoms with Gasteiger partial charge in [-0.05, 0) is 52.3 Å². The fourth-order valence-corrected chi connectivity index (χ4v) is 3.53. The highest BCUT2D eigenvalue weighted by atomic mass is 79.9. The van der Waals surface area contributed by atoms with Crippen molar-refractivity contribution in [1.82, 2.24) is 5.32 Å². The minimum atomic E-state index is -0.785. The number of hydrogen-bond donors (Lipinski definition) is 1. The Labute approximate surface area is 148 Å². The Hall–Kier alpha value is -1.96. The summed E-state index contributed by atoms with van der Waals surface area (Å²) in [6.07, 6.45) is 1.46. The number of carbonyl (C=O) groups excluding carboxylic acids is 3. The van der Waals surface area contributed by atoms with Crippen LogP contribution in [0, 0.1) is 0 Å². The van der Waals surface area contributed by atoms with Gasteiger partial charge in [0.15, 0.2) is 0 Å². The third kappa shape index (κ3) is 3.21. The second-order valence-electron chi connectivity index (χ2n) is 4.60. The predicted octanol–water partition coefficient (Wildman–Crippen LogP) is 3.83. The standard InChI is InChI=1S/C15H8BrClN2O3S/c16-8-5-11(23-7-8)6-12-13(20)18-15(22)19(14(12)21)10-3-1-9(17)2-4-10/h1-7H,(H,18,20,22)/b12-6+. The van der Waals surface area contributed by atoms with Gasteiger partial charge < -0.3 is 0 Å². The number of barbiturate groups is 1. The zero-order valence-corrected chi connectivity index (χ0v) is 14.5. The van der Waals surface area contributed by atoms with Gasteiger partial charge in [-0.25, -0.2) is 9.69 Å². The number of rotatable bonds is 2. The van der Waals surface area contributed by atoms with E-state index in [-0.39, 0.29) is 5.57 Å². The quantitative estimate of drug-likeness (QED) is 0.603. The van der Waals surface area contributed by atoms with Crippen molar-refractivity contribution < 1.29 is 14.4 Å². The smallest absolute Gasteiger partial charge is 0.273 e. The van der Waals surface area contributed by atoms with Crippen molar-refractivity contribution >= 4 is 68.5 Å². The van der Waals surface area contributed by atoms with E-state index in [0.717, 1.165) is 14.2 Å². The lowest BCUT2D eigenvalue weighted by molar-refractivity contribution is -0.122. The molecule has 0 spiro atoms. The number of benzene rings is 1. The molecule has 5 nitrogen and oxygen atoms in total. The van der Waals surface area contributed by atoms with E-state index in [1.54, 1.807) is 18.2 Å². The fourth-order valence-electron chi connectivity index (χ4n) is 2.03. The molecule has 1 saturated heterocycles. The van der Waals surface area contributed by atoms with E-state index < -0.39 is 17.8 Å². The summed E-state index contributed by atoms with van der Waals surface area (Å²) in [6, 6.07) is 7.19. The van der Waals surface area contributed by atoms with Crippen LogP contribution in [0.1, 0.15) is 4.88 Å². The third-order valence-electron chi connectivity index (χ3n) is 3.06. The summed E-state index contributed by atoms with van der Waals surface area (Å²) in [5.74, 6) is -1.39. The average Bonchev–Trinajstić information content (AvgIpc) is 2.91. The van der Waals surface area contributed by atoms with Crippen LogP contribution in [0.15, 0.2) is 45.8 Å². The summed E-state index contributed by atoms with van der Waals surface area (Å²) >= 11 is 10.5. The molecule has 0 saturated carbocycles. The number of nitrogens with one attached hydrogen (secondary N) is 1. The summed E-state index contributed by atoms with van der Waals surface area (Å²) in [6.45, 7) is 0. The molecule has 8 heteroatoms. The molecule has 2 aromatic rings. The molecular weight excluding hydrogens is 404 g/mol. The lowest BCUT2D eigenvalue weighted by Gasteiger charge is -2.26.